The Morgan fingerprint density at radius 3 is 2.84 bits per heavy atom. The quantitative estimate of drug-likeness (QED) is 0.653. The molecule has 3 nitrogen and oxygen atoms in total. The maximum atomic E-state index is 6.17. The maximum absolute atomic E-state index is 6.17. The summed E-state index contributed by atoms with van der Waals surface area (Å²) in [6.07, 6.45) is 3.71. The molecule has 19 heavy (non-hydrogen) atoms. The van der Waals surface area contributed by atoms with E-state index in [-0.39, 0.29) is 0 Å². The molecular formula is C16H23N3. The molecule has 2 N–H and O–H groups in total. The number of hydrogen-bond donors (Lipinski definition) is 1. The van der Waals surface area contributed by atoms with Gasteiger partial charge in [0, 0.05) is 19.0 Å². The van der Waals surface area contributed by atoms with Gasteiger partial charge < -0.3 is 10.6 Å². The molecule has 1 saturated heterocycles. The molecule has 1 saturated carbocycles. The highest BCUT2D eigenvalue weighted by atomic mass is 15.3. The number of aliphatic imine (C=N–C) groups is 1. The summed E-state index contributed by atoms with van der Waals surface area (Å²) in [7, 11) is 0. The lowest BCUT2D eigenvalue weighted by atomic mass is 10.0. The van der Waals surface area contributed by atoms with Crippen molar-refractivity contribution in [2.24, 2.45) is 16.6 Å². The Morgan fingerprint density at radius 2 is 2.11 bits per heavy atom. The smallest absolute Gasteiger partial charge is 0.191 e. The molecule has 2 fully saturated rings. The Hall–Kier alpha value is -1.51. The van der Waals surface area contributed by atoms with Crippen LogP contribution in [0.3, 0.4) is 0 Å². The molecule has 102 valence electrons. The number of nitrogens with two attached hydrogens (primary N) is 1. The summed E-state index contributed by atoms with van der Waals surface area (Å²) in [5.41, 5.74) is 7.57. The fourth-order valence-corrected chi connectivity index (χ4v) is 3.03. The lowest BCUT2D eigenvalue weighted by Crippen LogP contribution is -2.43. The fraction of sp³-hybridized carbons (Fsp3) is 0.562. The number of piperidine rings is 1. The van der Waals surface area contributed by atoms with Crippen LogP contribution in [0.1, 0.15) is 37.7 Å². The molecule has 0 aromatic heterocycles. The van der Waals surface area contributed by atoms with Crippen LogP contribution < -0.4 is 5.73 Å². The summed E-state index contributed by atoms with van der Waals surface area (Å²) in [5.74, 6) is 2.09. The highest BCUT2D eigenvalue weighted by Gasteiger charge is 2.38. The topological polar surface area (TPSA) is 41.6 Å². The van der Waals surface area contributed by atoms with E-state index < -0.39 is 0 Å². The zero-order chi connectivity index (χ0) is 13.2. The second-order valence-electron chi connectivity index (χ2n) is 6.00. The average molecular weight is 257 g/mol. The fourth-order valence-electron chi connectivity index (χ4n) is 3.03. The Morgan fingerprint density at radius 1 is 1.32 bits per heavy atom. The third-order valence-corrected chi connectivity index (χ3v) is 4.26. The van der Waals surface area contributed by atoms with Crippen LogP contribution in [0.15, 0.2) is 35.3 Å². The highest BCUT2D eigenvalue weighted by molar-refractivity contribution is 5.78. The molecule has 0 radical (unpaired) electrons. The monoisotopic (exact) mass is 257 g/mol. The van der Waals surface area contributed by atoms with Gasteiger partial charge in [-0.1, -0.05) is 37.3 Å². The van der Waals surface area contributed by atoms with E-state index in [4.69, 9.17) is 10.7 Å². The first-order chi connectivity index (χ1) is 9.24. The molecule has 1 heterocycles. The summed E-state index contributed by atoms with van der Waals surface area (Å²) >= 11 is 0. The van der Waals surface area contributed by atoms with Crippen molar-refractivity contribution in [3.05, 3.63) is 35.9 Å². The second-order valence-corrected chi connectivity index (χ2v) is 6.00. The van der Waals surface area contributed by atoms with Crippen LogP contribution >= 0.6 is 0 Å². The summed E-state index contributed by atoms with van der Waals surface area (Å²) in [6, 6.07) is 11.1. The summed E-state index contributed by atoms with van der Waals surface area (Å²) < 4.78 is 0. The minimum atomic E-state index is 0.402. The largest absolute Gasteiger partial charge is 0.370 e. The van der Waals surface area contributed by atoms with Crippen LogP contribution in [0.5, 0.6) is 0 Å². The molecule has 0 spiro atoms. The first-order valence-corrected chi connectivity index (χ1v) is 7.37. The van der Waals surface area contributed by atoms with Crippen LogP contribution in [-0.4, -0.2) is 30.0 Å². The van der Waals surface area contributed by atoms with Gasteiger partial charge in [0.1, 0.15) is 0 Å². The van der Waals surface area contributed by atoms with Gasteiger partial charge in [-0.3, -0.25) is 0 Å². The standard InChI is InChI=1S/C16H23N3/c1-12-6-5-9-19(11-12)16(17)18-15-10-14(15)13-7-3-2-4-8-13/h2-4,7-8,12,14-15H,5-6,9-11H2,1H3,(H2,17,18). The van der Waals surface area contributed by atoms with Gasteiger partial charge in [-0.15, -0.1) is 0 Å². The zero-order valence-corrected chi connectivity index (χ0v) is 11.6. The molecule has 3 heteroatoms. The number of likely N-dealkylation sites (tertiary alicyclic amines) is 1. The SMILES string of the molecule is CC1CCCN(C(N)=NC2CC2c2ccccc2)C1. The molecule has 1 aromatic carbocycles. The molecule has 3 rings (SSSR count). The van der Waals surface area contributed by atoms with Gasteiger partial charge in [0.15, 0.2) is 5.96 Å². The van der Waals surface area contributed by atoms with Crippen LogP contribution in [0.25, 0.3) is 0 Å². The van der Waals surface area contributed by atoms with Crippen LogP contribution in [-0.2, 0) is 0 Å². The van der Waals surface area contributed by atoms with Gasteiger partial charge in [0.05, 0.1) is 6.04 Å². The van der Waals surface area contributed by atoms with E-state index in [1.54, 1.807) is 0 Å². The average Bonchev–Trinajstić information content (AvgIpc) is 3.19. The normalized spacial score (nSPS) is 31.3. The molecule has 2 aliphatic rings. The van der Waals surface area contributed by atoms with Crippen molar-refractivity contribution in [3.8, 4) is 0 Å². The predicted molar refractivity (Wildman–Crippen MR) is 79.2 cm³/mol. The van der Waals surface area contributed by atoms with Crippen molar-refractivity contribution in [1.29, 1.82) is 0 Å². The Bertz CT molecular complexity index is 454. The molecular weight excluding hydrogens is 234 g/mol. The van der Waals surface area contributed by atoms with Crippen molar-refractivity contribution < 1.29 is 0 Å². The summed E-state index contributed by atoms with van der Waals surface area (Å²) in [6.45, 7) is 4.43. The van der Waals surface area contributed by atoms with Crippen molar-refractivity contribution >= 4 is 5.96 Å². The van der Waals surface area contributed by atoms with E-state index in [0.717, 1.165) is 31.4 Å². The Balaban J connectivity index is 1.61. The van der Waals surface area contributed by atoms with Crippen LogP contribution in [0.2, 0.25) is 0 Å². The van der Waals surface area contributed by atoms with Gasteiger partial charge in [-0.2, -0.15) is 0 Å². The van der Waals surface area contributed by atoms with Crippen LogP contribution in [0, 0.1) is 5.92 Å². The van der Waals surface area contributed by atoms with E-state index >= 15 is 0 Å². The number of benzene rings is 1. The predicted octanol–water partition coefficient (Wildman–Crippen LogP) is 2.59. The third kappa shape index (κ3) is 2.91. The van der Waals surface area contributed by atoms with Crippen molar-refractivity contribution in [3.63, 3.8) is 0 Å². The van der Waals surface area contributed by atoms with E-state index in [0.29, 0.717) is 12.0 Å². The molecule has 3 atom stereocenters. The van der Waals surface area contributed by atoms with Gasteiger partial charge in [-0.25, -0.2) is 4.99 Å². The maximum Gasteiger partial charge on any atom is 0.191 e. The van der Waals surface area contributed by atoms with E-state index in [9.17, 15) is 0 Å². The molecule has 1 aromatic rings. The van der Waals surface area contributed by atoms with Gasteiger partial charge >= 0.3 is 0 Å². The lowest BCUT2D eigenvalue weighted by Gasteiger charge is -2.31. The van der Waals surface area contributed by atoms with Crippen LogP contribution in [0.4, 0.5) is 0 Å². The first-order valence-electron chi connectivity index (χ1n) is 7.37. The van der Waals surface area contributed by atoms with Crippen molar-refractivity contribution in [2.45, 2.75) is 38.1 Å². The molecule has 1 aliphatic carbocycles. The minimum Gasteiger partial charge on any atom is -0.370 e. The molecule has 3 unspecified atom stereocenters. The Labute approximate surface area is 115 Å². The number of guanidine groups is 1. The highest BCUT2D eigenvalue weighted by Crippen LogP contribution is 2.43. The summed E-state index contributed by atoms with van der Waals surface area (Å²) in [5, 5.41) is 0. The van der Waals surface area contributed by atoms with Crippen molar-refractivity contribution in [1.82, 2.24) is 4.90 Å². The lowest BCUT2D eigenvalue weighted by molar-refractivity contribution is 0.270. The van der Waals surface area contributed by atoms with E-state index in [2.05, 4.69) is 42.2 Å². The van der Waals surface area contributed by atoms with Gasteiger partial charge in [-0.05, 0) is 30.7 Å². The van der Waals surface area contributed by atoms with E-state index in [1.807, 2.05) is 0 Å². The number of hydrogen-bond acceptors (Lipinski definition) is 1. The first kappa shape index (κ1) is 12.5. The third-order valence-electron chi connectivity index (χ3n) is 4.26. The molecule has 0 bridgehead atoms. The molecule has 1 aliphatic heterocycles. The van der Waals surface area contributed by atoms with Gasteiger partial charge in [0.25, 0.3) is 0 Å². The summed E-state index contributed by atoms with van der Waals surface area (Å²) in [4.78, 5) is 6.98. The van der Waals surface area contributed by atoms with Crippen molar-refractivity contribution in [2.75, 3.05) is 13.1 Å². The van der Waals surface area contributed by atoms with E-state index in [1.165, 1.54) is 18.4 Å². The second kappa shape index (κ2) is 5.24. The molecule has 0 amide bonds. The Kier molecular flexibility index (Phi) is 3.45. The van der Waals surface area contributed by atoms with Gasteiger partial charge in [0.2, 0.25) is 0 Å². The number of nitrogens with zero attached hydrogens (tertiary/aromatic N) is 2. The zero-order valence-electron chi connectivity index (χ0n) is 11.6. The minimum absolute atomic E-state index is 0.402. The number of rotatable bonds is 2.